The van der Waals surface area contributed by atoms with Gasteiger partial charge in [0.25, 0.3) is 0 Å². The summed E-state index contributed by atoms with van der Waals surface area (Å²) in [5.74, 6) is 2.25. The number of carbonyl (C=O) groups is 1. The van der Waals surface area contributed by atoms with Crippen LogP contribution in [0.2, 0.25) is 0 Å². The second kappa shape index (κ2) is 8.49. The van der Waals surface area contributed by atoms with E-state index in [1.807, 2.05) is 0 Å². The first-order valence-corrected chi connectivity index (χ1v) is 11.7. The Hall–Kier alpha value is -0.0126. The van der Waals surface area contributed by atoms with Gasteiger partial charge >= 0.3 is 18.9 Å². The van der Waals surface area contributed by atoms with E-state index in [1.54, 1.807) is 0 Å². The zero-order valence-electron chi connectivity index (χ0n) is 18.9. The van der Waals surface area contributed by atoms with Gasteiger partial charge in [-0.05, 0) is 111 Å². The Morgan fingerprint density at radius 1 is 1.00 bits per heavy atom. The molecule has 4 aliphatic carbocycles. The first kappa shape index (κ1) is 23.6. The number of hydrogen-bond donors (Lipinski definition) is 2. The molecule has 0 radical (unpaired) electrons. The van der Waals surface area contributed by atoms with E-state index in [-0.39, 0.29) is 54.2 Å². The molecule has 0 heterocycles. The van der Waals surface area contributed by atoms with Gasteiger partial charge in [-0.25, -0.2) is 0 Å². The molecule has 5 heteroatoms. The molecule has 0 amide bonds. The van der Waals surface area contributed by atoms with Crippen molar-refractivity contribution in [2.45, 2.75) is 97.2 Å². The topological polar surface area (TPSA) is 80.6 Å². The molecule has 0 spiro atoms. The van der Waals surface area contributed by atoms with Gasteiger partial charge in [0.2, 0.25) is 0 Å². The van der Waals surface area contributed by atoms with Crippen LogP contribution in [0.4, 0.5) is 0 Å². The monoisotopic (exact) mass is 398 g/mol. The number of aliphatic hydroxyl groups is 2. The second-order valence-corrected chi connectivity index (χ2v) is 11.3. The van der Waals surface area contributed by atoms with Crippen LogP contribution >= 0.6 is 0 Å². The summed E-state index contributed by atoms with van der Waals surface area (Å²) in [4.78, 5) is 10.9. The van der Waals surface area contributed by atoms with Crippen LogP contribution in [0.5, 0.6) is 0 Å². The van der Waals surface area contributed by atoms with Gasteiger partial charge in [0.1, 0.15) is 0 Å². The van der Waals surface area contributed by atoms with E-state index >= 15 is 0 Å². The van der Waals surface area contributed by atoms with Crippen molar-refractivity contribution >= 4 is 5.97 Å². The fourth-order valence-corrected chi connectivity index (χ4v) is 8.80. The van der Waals surface area contributed by atoms with Crippen molar-refractivity contribution in [1.29, 1.82) is 0 Å². The van der Waals surface area contributed by atoms with Crippen molar-refractivity contribution in [1.82, 2.24) is 0 Å². The van der Waals surface area contributed by atoms with Crippen LogP contribution in [0.15, 0.2) is 0 Å². The van der Waals surface area contributed by atoms with Crippen molar-refractivity contribution in [3.63, 3.8) is 0 Å². The SMILES string of the molecule is C[C@H](CCC(=O)[O-])[C@H]1CCC2C3C[C@H](O)C4C[C@H](O)CC[C@]4(C)C3CC[C@@]21C.[Li+]. The van der Waals surface area contributed by atoms with Crippen LogP contribution < -0.4 is 24.0 Å². The summed E-state index contributed by atoms with van der Waals surface area (Å²) >= 11 is 0. The van der Waals surface area contributed by atoms with Gasteiger partial charge in [-0.1, -0.05) is 20.8 Å². The zero-order valence-corrected chi connectivity index (χ0v) is 18.9. The van der Waals surface area contributed by atoms with Gasteiger partial charge < -0.3 is 20.1 Å². The smallest absolute Gasteiger partial charge is 0.550 e. The Morgan fingerprint density at radius 2 is 1.66 bits per heavy atom. The predicted molar refractivity (Wildman–Crippen MR) is 106 cm³/mol. The molecular formula is C24H39LiO4. The van der Waals surface area contributed by atoms with Gasteiger partial charge in [-0.2, -0.15) is 0 Å². The van der Waals surface area contributed by atoms with Crippen LogP contribution in [0, 0.1) is 46.3 Å². The normalized spacial score (nSPS) is 49.9. The summed E-state index contributed by atoms with van der Waals surface area (Å²) in [6, 6.07) is 0. The van der Waals surface area contributed by atoms with E-state index in [1.165, 1.54) is 25.7 Å². The van der Waals surface area contributed by atoms with Crippen molar-refractivity contribution in [2.24, 2.45) is 46.3 Å². The molecule has 0 aromatic heterocycles. The van der Waals surface area contributed by atoms with E-state index < -0.39 is 5.97 Å². The van der Waals surface area contributed by atoms with Crippen LogP contribution in [0.25, 0.3) is 0 Å². The number of carbonyl (C=O) groups excluding carboxylic acids is 1. The van der Waals surface area contributed by atoms with E-state index in [9.17, 15) is 20.1 Å². The Morgan fingerprint density at radius 3 is 2.34 bits per heavy atom. The van der Waals surface area contributed by atoms with E-state index in [2.05, 4.69) is 20.8 Å². The molecule has 0 aromatic rings. The molecular weight excluding hydrogens is 359 g/mol. The Labute approximate surface area is 188 Å². The molecule has 4 aliphatic rings. The molecule has 2 N–H and O–H groups in total. The number of aliphatic hydroxyl groups excluding tert-OH is 2. The largest absolute Gasteiger partial charge is 1.00 e. The number of carboxylic acid groups (broad SMARTS) is 1. The van der Waals surface area contributed by atoms with E-state index in [4.69, 9.17) is 0 Å². The molecule has 4 unspecified atom stereocenters. The molecule has 10 atom stereocenters. The number of hydrogen-bond acceptors (Lipinski definition) is 4. The summed E-state index contributed by atoms with van der Waals surface area (Å²) in [6.45, 7) is 7.11. The number of fused-ring (bicyclic) bond motifs is 5. The van der Waals surface area contributed by atoms with Crippen molar-refractivity contribution < 1.29 is 39.0 Å². The maximum Gasteiger partial charge on any atom is 1.00 e. The molecule has 4 nitrogen and oxygen atoms in total. The molecule has 160 valence electrons. The standard InChI is InChI=1S/C24H40O4.Li/c1-14(4-7-22(27)28)17-5-6-18-16-13-21(26)20-12-15(25)8-10-24(20,3)19(16)9-11-23(17,18)2;/h14-21,25-26H,4-13H2,1-3H3,(H,27,28);/q;+1/p-1/t14-,15-,16?,17-,18?,19?,20?,21+,23-,24-;/m1./s1. The van der Waals surface area contributed by atoms with Crippen molar-refractivity contribution in [2.75, 3.05) is 0 Å². The minimum Gasteiger partial charge on any atom is -0.550 e. The minimum atomic E-state index is -0.927. The molecule has 4 rings (SSSR count). The van der Waals surface area contributed by atoms with E-state index in [0.717, 1.165) is 32.1 Å². The molecule has 0 bridgehead atoms. The number of carboxylic acids is 1. The Bertz CT molecular complexity index is 612. The molecule has 29 heavy (non-hydrogen) atoms. The maximum absolute atomic E-state index is 11.1. The summed E-state index contributed by atoms with van der Waals surface area (Å²) in [5, 5.41) is 32.2. The van der Waals surface area contributed by atoms with Crippen LogP contribution in [0.1, 0.15) is 85.0 Å². The fourth-order valence-electron chi connectivity index (χ4n) is 8.80. The first-order valence-electron chi connectivity index (χ1n) is 11.7. The molecule has 0 aliphatic heterocycles. The number of aliphatic carboxylic acids is 1. The van der Waals surface area contributed by atoms with Gasteiger partial charge in [0.15, 0.2) is 0 Å². The summed E-state index contributed by atoms with van der Waals surface area (Å²) in [5.41, 5.74) is 0.450. The molecule has 0 aromatic carbocycles. The molecule has 4 fully saturated rings. The first-order chi connectivity index (χ1) is 13.2. The third-order valence-electron chi connectivity index (χ3n) is 10.2. The van der Waals surface area contributed by atoms with Crippen LogP contribution in [0.3, 0.4) is 0 Å². The van der Waals surface area contributed by atoms with Crippen LogP contribution in [-0.4, -0.2) is 28.4 Å². The third-order valence-corrected chi connectivity index (χ3v) is 10.2. The summed E-state index contributed by atoms with van der Waals surface area (Å²) in [7, 11) is 0. The quantitative estimate of drug-likeness (QED) is 0.661. The van der Waals surface area contributed by atoms with Crippen molar-refractivity contribution in [3.05, 3.63) is 0 Å². The van der Waals surface area contributed by atoms with Gasteiger partial charge in [-0.3, -0.25) is 0 Å². The average molecular weight is 399 g/mol. The molecule has 0 saturated heterocycles. The minimum absolute atomic E-state index is 0. The molecule has 4 saturated carbocycles. The fraction of sp³-hybridized carbons (Fsp3) is 0.958. The third kappa shape index (κ3) is 3.86. The average Bonchev–Trinajstić information content (AvgIpc) is 2.99. The predicted octanol–water partition coefficient (Wildman–Crippen LogP) is 0.147. The van der Waals surface area contributed by atoms with Crippen molar-refractivity contribution in [3.8, 4) is 0 Å². The van der Waals surface area contributed by atoms with E-state index in [0.29, 0.717) is 29.6 Å². The number of rotatable bonds is 4. The van der Waals surface area contributed by atoms with Gasteiger partial charge in [0, 0.05) is 5.97 Å². The zero-order chi connectivity index (χ0) is 20.3. The second-order valence-electron chi connectivity index (χ2n) is 11.3. The summed E-state index contributed by atoms with van der Waals surface area (Å²) in [6.07, 6.45) is 8.88. The maximum atomic E-state index is 11.1. The summed E-state index contributed by atoms with van der Waals surface area (Å²) < 4.78 is 0. The Kier molecular flexibility index (Phi) is 6.93. The van der Waals surface area contributed by atoms with Gasteiger partial charge in [0.05, 0.1) is 12.2 Å². The van der Waals surface area contributed by atoms with Crippen LogP contribution in [-0.2, 0) is 4.79 Å². The van der Waals surface area contributed by atoms with Gasteiger partial charge in [-0.15, -0.1) is 0 Å². The Balaban J connectivity index is 0.00000240.